The number of carboxylic acids is 1. The number of para-hydroxylation sites is 1. The molecule has 1 aromatic carbocycles. The van der Waals surface area contributed by atoms with Crippen molar-refractivity contribution in [3.05, 3.63) is 23.8 Å². The zero-order valence-corrected chi connectivity index (χ0v) is 11.3. The molecular weight excluding hydrogens is 264 g/mol. The zero-order valence-electron chi connectivity index (χ0n) is 11.3. The molecule has 7 heteroatoms. The van der Waals surface area contributed by atoms with Crippen LogP contribution in [-0.2, 0) is 0 Å². The fraction of sp³-hybridized carbons (Fsp3) is 0.385. The number of phenols is 1. The number of benzene rings is 1. The maximum atomic E-state index is 12.0. The Bertz CT molecular complexity index is 502. The summed E-state index contributed by atoms with van der Waals surface area (Å²) in [6.45, 7) is 3.52. The molecular formula is C13H18N2O5. The lowest BCUT2D eigenvalue weighted by atomic mass is 10.1. The number of aromatic hydroxyl groups is 1. The van der Waals surface area contributed by atoms with Crippen LogP contribution < -0.4 is 5.32 Å². The van der Waals surface area contributed by atoms with E-state index in [-0.39, 0.29) is 30.4 Å². The minimum atomic E-state index is -1.28. The van der Waals surface area contributed by atoms with Gasteiger partial charge in [-0.25, -0.2) is 9.59 Å². The SMILES string of the molecule is CC(C)N(CCO)C(=O)Nc1cccc(C(=O)O)c1O. The monoisotopic (exact) mass is 282 g/mol. The highest BCUT2D eigenvalue weighted by atomic mass is 16.4. The van der Waals surface area contributed by atoms with Gasteiger partial charge in [0.1, 0.15) is 5.56 Å². The molecule has 0 aliphatic rings. The fourth-order valence-electron chi connectivity index (χ4n) is 1.71. The van der Waals surface area contributed by atoms with Gasteiger partial charge in [-0.2, -0.15) is 0 Å². The first-order valence-electron chi connectivity index (χ1n) is 6.12. The lowest BCUT2D eigenvalue weighted by molar-refractivity contribution is 0.0693. The van der Waals surface area contributed by atoms with Crippen molar-refractivity contribution in [2.45, 2.75) is 19.9 Å². The molecule has 1 rings (SSSR count). The van der Waals surface area contributed by atoms with Crippen molar-refractivity contribution < 1.29 is 24.9 Å². The lowest BCUT2D eigenvalue weighted by Crippen LogP contribution is -2.41. The summed E-state index contributed by atoms with van der Waals surface area (Å²) in [7, 11) is 0. The first-order valence-corrected chi connectivity index (χ1v) is 6.12. The van der Waals surface area contributed by atoms with Crippen molar-refractivity contribution in [2.24, 2.45) is 0 Å². The predicted octanol–water partition coefficient (Wildman–Crippen LogP) is 1.33. The number of aromatic carboxylic acids is 1. The quantitative estimate of drug-likeness (QED) is 0.609. The van der Waals surface area contributed by atoms with E-state index in [4.69, 9.17) is 10.2 Å². The molecule has 4 N–H and O–H groups in total. The Balaban J connectivity index is 2.95. The average Bonchev–Trinajstić information content (AvgIpc) is 2.37. The van der Waals surface area contributed by atoms with Gasteiger partial charge in [0.25, 0.3) is 0 Å². The minimum absolute atomic E-state index is 0.0125. The van der Waals surface area contributed by atoms with Crippen molar-refractivity contribution >= 4 is 17.7 Å². The second-order valence-electron chi connectivity index (χ2n) is 4.45. The minimum Gasteiger partial charge on any atom is -0.505 e. The van der Waals surface area contributed by atoms with Crippen LogP contribution in [0.4, 0.5) is 10.5 Å². The predicted molar refractivity (Wildman–Crippen MR) is 73.0 cm³/mol. The zero-order chi connectivity index (χ0) is 15.3. The number of hydrogen-bond donors (Lipinski definition) is 4. The number of rotatable bonds is 5. The molecule has 7 nitrogen and oxygen atoms in total. The largest absolute Gasteiger partial charge is 0.505 e. The number of nitrogens with one attached hydrogen (secondary N) is 1. The van der Waals surface area contributed by atoms with Crippen LogP contribution >= 0.6 is 0 Å². The Hall–Kier alpha value is -2.28. The molecule has 0 unspecified atom stereocenters. The number of anilines is 1. The van der Waals surface area contributed by atoms with Crippen LogP contribution in [0.25, 0.3) is 0 Å². The van der Waals surface area contributed by atoms with Gasteiger partial charge in [-0.15, -0.1) is 0 Å². The average molecular weight is 282 g/mol. The molecule has 0 aliphatic carbocycles. The van der Waals surface area contributed by atoms with Crippen LogP contribution in [0.3, 0.4) is 0 Å². The van der Waals surface area contributed by atoms with Crippen molar-refractivity contribution in [2.75, 3.05) is 18.5 Å². The molecule has 0 saturated carbocycles. The molecule has 0 bridgehead atoms. The Morgan fingerprint density at radius 2 is 2.00 bits per heavy atom. The van der Waals surface area contributed by atoms with Crippen LogP contribution in [0.5, 0.6) is 5.75 Å². The second-order valence-corrected chi connectivity index (χ2v) is 4.45. The summed E-state index contributed by atoms with van der Waals surface area (Å²) in [5, 5.41) is 30.0. The molecule has 20 heavy (non-hydrogen) atoms. The molecule has 110 valence electrons. The molecule has 0 fully saturated rings. The summed E-state index contributed by atoms with van der Waals surface area (Å²) in [5.74, 6) is -1.78. The van der Waals surface area contributed by atoms with Gasteiger partial charge in [-0.3, -0.25) is 0 Å². The van der Waals surface area contributed by atoms with E-state index in [1.54, 1.807) is 13.8 Å². The third-order valence-electron chi connectivity index (χ3n) is 2.73. The van der Waals surface area contributed by atoms with Crippen LogP contribution in [0.15, 0.2) is 18.2 Å². The summed E-state index contributed by atoms with van der Waals surface area (Å²) >= 11 is 0. The molecule has 2 amide bonds. The van der Waals surface area contributed by atoms with Gasteiger partial charge < -0.3 is 25.5 Å². The fourth-order valence-corrected chi connectivity index (χ4v) is 1.71. The summed E-state index contributed by atoms with van der Waals surface area (Å²) in [6.07, 6.45) is 0. The number of aliphatic hydroxyl groups excluding tert-OH is 1. The number of aliphatic hydroxyl groups is 1. The molecule has 0 heterocycles. The van der Waals surface area contributed by atoms with Gasteiger partial charge in [0, 0.05) is 12.6 Å². The van der Waals surface area contributed by atoms with Gasteiger partial charge in [0.2, 0.25) is 0 Å². The van der Waals surface area contributed by atoms with Crippen molar-refractivity contribution in [1.29, 1.82) is 0 Å². The van der Waals surface area contributed by atoms with Crippen molar-refractivity contribution in [3.8, 4) is 5.75 Å². The van der Waals surface area contributed by atoms with E-state index >= 15 is 0 Å². The standard InChI is InChI=1S/C13H18N2O5/c1-8(2)15(6-7-16)13(20)14-10-5-3-4-9(11(10)17)12(18)19/h3-5,8,16-17H,6-7H2,1-2H3,(H,14,20)(H,18,19). The molecule has 0 atom stereocenters. The molecule has 0 aliphatic heterocycles. The molecule has 0 saturated heterocycles. The van der Waals surface area contributed by atoms with Crippen molar-refractivity contribution in [1.82, 2.24) is 4.90 Å². The summed E-state index contributed by atoms with van der Waals surface area (Å²) < 4.78 is 0. The van der Waals surface area contributed by atoms with E-state index in [0.29, 0.717) is 0 Å². The molecule has 1 aromatic rings. The normalized spacial score (nSPS) is 10.4. The second kappa shape index (κ2) is 6.76. The van der Waals surface area contributed by atoms with E-state index < -0.39 is 17.7 Å². The third-order valence-corrected chi connectivity index (χ3v) is 2.73. The van der Waals surface area contributed by atoms with Gasteiger partial charge >= 0.3 is 12.0 Å². The van der Waals surface area contributed by atoms with E-state index in [2.05, 4.69) is 5.32 Å². The van der Waals surface area contributed by atoms with Crippen LogP contribution in [0, 0.1) is 0 Å². The number of hydrogen-bond acceptors (Lipinski definition) is 4. The highest BCUT2D eigenvalue weighted by Gasteiger charge is 2.19. The number of carbonyl (C=O) groups is 2. The van der Waals surface area contributed by atoms with Gasteiger partial charge in [-0.05, 0) is 26.0 Å². The first-order chi connectivity index (χ1) is 9.38. The summed E-state index contributed by atoms with van der Waals surface area (Å²) in [6, 6.07) is 3.39. The highest BCUT2D eigenvalue weighted by molar-refractivity contribution is 5.97. The summed E-state index contributed by atoms with van der Waals surface area (Å²) in [4.78, 5) is 24.3. The Morgan fingerprint density at radius 3 is 2.50 bits per heavy atom. The Morgan fingerprint density at radius 1 is 1.35 bits per heavy atom. The number of carboxylic acid groups (broad SMARTS) is 1. The van der Waals surface area contributed by atoms with Gasteiger partial charge in [-0.1, -0.05) is 6.07 Å². The van der Waals surface area contributed by atoms with Crippen molar-refractivity contribution in [3.63, 3.8) is 0 Å². The number of nitrogens with zero attached hydrogens (tertiary/aromatic N) is 1. The van der Waals surface area contributed by atoms with Crippen LogP contribution in [0.1, 0.15) is 24.2 Å². The van der Waals surface area contributed by atoms with Crippen LogP contribution in [0.2, 0.25) is 0 Å². The van der Waals surface area contributed by atoms with Gasteiger partial charge in [0.15, 0.2) is 5.75 Å². The lowest BCUT2D eigenvalue weighted by Gasteiger charge is -2.26. The summed E-state index contributed by atoms with van der Waals surface area (Å²) in [5.41, 5.74) is -0.278. The first kappa shape index (κ1) is 15.8. The van der Waals surface area contributed by atoms with Crippen LogP contribution in [-0.4, -0.2) is 51.4 Å². The molecule has 0 radical (unpaired) electrons. The van der Waals surface area contributed by atoms with Gasteiger partial charge in [0.05, 0.1) is 12.3 Å². The molecule has 0 spiro atoms. The van der Waals surface area contributed by atoms with E-state index in [0.717, 1.165) is 0 Å². The third kappa shape index (κ3) is 3.61. The Kier molecular flexibility index (Phi) is 5.33. The highest BCUT2D eigenvalue weighted by Crippen LogP contribution is 2.27. The maximum absolute atomic E-state index is 12.0. The molecule has 0 aromatic heterocycles. The smallest absolute Gasteiger partial charge is 0.339 e. The van der Waals surface area contributed by atoms with E-state index in [1.807, 2.05) is 0 Å². The maximum Gasteiger partial charge on any atom is 0.339 e. The van der Waals surface area contributed by atoms with E-state index in [1.165, 1.54) is 23.1 Å². The van der Waals surface area contributed by atoms with E-state index in [9.17, 15) is 14.7 Å². The number of urea groups is 1. The topological polar surface area (TPSA) is 110 Å². The Labute approximate surface area is 116 Å². The number of carbonyl (C=O) groups excluding carboxylic acids is 1. The number of amides is 2.